The van der Waals surface area contributed by atoms with Gasteiger partial charge in [-0.3, -0.25) is 4.48 Å². The van der Waals surface area contributed by atoms with E-state index in [0.717, 1.165) is 0 Å². The van der Waals surface area contributed by atoms with Crippen LogP contribution in [0.4, 0.5) is 0 Å². The minimum atomic E-state index is -0.755. The number of quaternary nitrogens is 1. The number of likely N-dealkylation sites (N-methyl/N-ethyl adjacent to an activating group) is 1. The molecule has 0 N–H and O–H groups in total. The predicted octanol–water partition coefficient (Wildman–Crippen LogP) is 0.674. The standard InChI is InChI=1S/C9H22NO3/c1-8(11-5)9(12-6,13-7)10(2,3)4/h8H,1-7H3/q+1. The fourth-order valence-corrected chi connectivity index (χ4v) is 1.66. The minimum absolute atomic E-state index is 0.137. The highest BCUT2D eigenvalue weighted by Gasteiger charge is 2.50. The number of ether oxygens (including phenoxy) is 3. The Balaban J connectivity index is 4.91. The molecule has 0 saturated heterocycles. The molecule has 0 aromatic carbocycles. The molecule has 0 fully saturated rings. The SMILES string of the molecule is COC(C)C(OC)(OC)[N+](C)(C)C. The highest BCUT2D eigenvalue weighted by Crippen LogP contribution is 2.26. The lowest BCUT2D eigenvalue weighted by Gasteiger charge is -2.45. The maximum Gasteiger partial charge on any atom is 0.345 e. The Kier molecular flexibility index (Phi) is 4.32. The fourth-order valence-electron chi connectivity index (χ4n) is 1.66. The first-order valence-electron chi connectivity index (χ1n) is 4.30. The molecule has 0 saturated carbocycles. The highest BCUT2D eigenvalue weighted by atomic mass is 16.7. The normalized spacial score (nSPS) is 15.9. The average Bonchev–Trinajstić information content (AvgIpc) is 2.04. The topological polar surface area (TPSA) is 27.7 Å². The molecule has 0 radical (unpaired) electrons. The van der Waals surface area contributed by atoms with Crippen LogP contribution in [0, 0.1) is 0 Å². The van der Waals surface area contributed by atoms with Gasteiger partial charge in [-0.2, -0.15) is 0 Å². The van der Waals surface area contributed by atoms with Crippen LogP contribution in [0.1, 0.15) is 6.92 Å². The number of hydrogen-bond acceptors (Lipinski definition) is 3. The summed E-state index contributed by atoms with van der Waals surface area (Å²) in [5.74, 6) is -0.755. The summed E-state index contributed by atoms with van der Waals surface area (Å²) in [5.41, 5.74) is 0. The van der Waals surface area contributed by atoms with Crippen molar-refractivity contribution in [2.45, 2.75) is 18.9 Å². The van der Waals surface area contributed by atoms with E-state index in [2.05, 4.69) is 0 Å². The molecule has 0 spiro atoms. The summed E-state index contributed by atoms with van der Waals surface area (Å²) in [5, 5.41) is 0. The predicted molar refractivity (Wildman–Crippen MR) is 51.3 cm³/mol. The van der Waals surface area contributed by atoms with Gasteiger partial charge in [0.15, 0.2) is 6.10 Å². The van der Waals surface area contributed by atoms with E-state index in [9.17, 15) is 0 Å². The van der Waals surface area contributed by atoms with Gasteiger partial charge in [0.25, 0.3) is 0 Å². The third-order valence-corrected chi connectivity index (χ3v) is 2.39. The summed E-state index contributed by atoms with van der Waals surface area (Å²) in [4.78, 5) is 0. The second kappa shape index (κ2) is 4.37. The van der Waals surface area contributed by atoms with Gasteiger partial charge in [-0.15, -0.1) is 0 Å². The van der Waals surface area contributed by atoms with Crippen LogP contribution in [0.3, 0.4) is 0 Å². The molecule has 1 unspecified atom stereocenters. The van der Waals surface area contributed by atoms with Gasteiger partial charge in [-0.25, -0.2) is 0 Å². The van der Waals surface area contributed by atoms with Gasteiger partial charge in [0, 0.05) is 21.3 Å². The number of rotatable bonds is 5. The lowest BCUT2D eigenvalue weighted by molar-refractivity contribution is -0.984. The van der Waals surface area contributed by atoms with E-state index in [4.69, 9.17) is 14.2 Å². The first-order chi connectivity index (χ1) is 5.85. The molecule has 80 valence electrons. The van der Waals surface area contributed by atoms with Crippen molar-refractivity contribution in [3.05, 3.63) is 0 Å². The van der Waals surface area contributed by atoms with E-state index in [0.29, 0.717) is 4.48 Å². The summed E-state index contributed by atoms with van der Waals surface area (Å²) in [7, 11) is 10.9. The summed E-state index contributed by atoms with van der Waals surface area (Å²) in [6.45, 7) is 1.93. The van der Waals surface area contributed by atoms with Crippen LogP contribution < -0.4 is 0 Å². The second-order valence-electron chi connectivity index (χ2n) is 3.93. The molecule has 13 heavy (non-hydrogen) atoms. The van der Waals surface area contributed by atoms with Crippen molar-refractivity contribution in [1.82, 2.24) is 0 Å². The van der Waals surface area contributed by atoms with Crippen molar-refractivity contribution >= 4 is 0 Å². The number of methoxy groups -OCH3 is 3. The van der Waals surface area contributed by atoms with Crippen molar-refractivity contribution in [3.8, 4) is 0 Å². The van der Waals surface area contributed by atoms with Gasteiger partial charge in [0.05, 0.1) is 21.1 Å². The van der Waals surface area contributed by atoms with Gasteiger partial charge < -0.3 is 14.2 Å². The van der Waals surface area contributed by atoms with Gasteiger partial charge in [0.2, 0.25) is 0 Å². The molecular weight excluding hydrogens is 170 g/mol. The lowest BCUT2D eigenvalue weighted by Crippen LogP contribution is -2.65. The quantitative estimate of drug-likeness (QED) is 0.473. The van der Waals surface area contributed by atoms with E-state index in [1.165, 1.54) is 0 Å². The van der Waals surface area contributed by atoms with Crippen LogP contribution in [0.25, 0.3) is 0 Å². The molecule has 0 amide bonds. The number of hydrogen-bond donors (Lipinski definition) is 0. The van der Waals surface area contributed by atoms with Crippen LogP contribution in [0.5, 0.6) is 0 Å². The highest BCUT2D eigenvalue weighted by molar-refractivity contribution is 4.65. The largest absolute Gasteiger partial charge is 0.369 e. The Bertz CT molecular complexity index is 149. The van der Waals surface area contributed by atoms with Crippen LogP contribution in [0.2, 0.25) is 0 Å². The van der Waals surface area contributed by atoms with Crippen molar-refractivity contribution in [2.75, 3.05) is 42.5 Å². The number of nitrogens with zero attached hydrogens (tertiary/aromatic N) is 1. The molecule has 0 aromatic heterocycles. The second-order valence-corrected chi connectivity index (χ2v) is 3.93. The average molecular weight is 192 g/mol. The van der Waals surface area contributed by atoms with Crippen molar-refractivity contribution < 1.29 is 18.7 Å². The van der Waals surface area contributed by atoms with E-state index in [-0.39, 0.29) is 6.10 Å². The molecule has 0 aromatic rings. The Labute approximate surface area is 81.0 Å². The van der Waals surface area contributed by atoms with Crippen LogP contribution in [-0.4, -0.2) is 59.0 Å². The monoisotopic (exact) mass is 192 g/mol. The van der Waals surface area contributed by atoms with Crippen LogP contribution in [-0.2, 0) is 14.2 Å². The van der Waals surface area contributed by atoms with Crippen LogP contribution in [0.15, 0.2) is 0 Å². The maximum absolute atomic E-state index is 5.43. The maximum atomic E-state index is 5.43. The minimum Gasteiger partial charge on any atom is -0.369 e. The van der Waals surface area contributed by atoms with E-state index < -0.39 is 5.91 Å². The molecule has 4 nitrogen and oxygen atoms in total. The van der Waals surface area contributed by atoms with E-state index in [1.54, 1.807) is 21.3 Å². The molecule has 0 aliphatic rings. The summed E-state index contributed by atoms with van der Waals surface area (Å²) in [6, 6.07) is 0. The smallest absolute Gasteiger partial charge is 0.345 e. The lowest BCUT2D eigenvalue weighted by atomic mass is 10.2. The zero-order valence-corrected chi connectivity index (χ0v) is 9.75. The molecule has 4 heteroatoms. The third kappa shape index (κ3) is 2.20. The molecule has 0 aliphatic heterocycles. The summed E-state index contributed by atoms with van der Waals surface area (Å²) >= 11 is 0. The molecular formula is C9H22NO3+. The molecule has 0 bridgehead atoms. The van der Waals surface area contributed by atoms with Gasteiger partial charge in [0.1, 0.15) is 0 Å². The van der Waals surface area contributed by atoms with Gasteiger partial charge in [-0.05, 0) is 6.92 Å². The summed E-state index contributed by atoms with van der Waals surface area (Å²) < 4.78 is 16.6. The molecule has 0 aliphatic carbocycles. The van der Waals surface area contributed by atoms with Crippen molar-refractivity contribution in [1.29, 1.82) is 0 Å². The first kappa shape index (κ1) is 12.8. The zero-order valence-electron chi connectivity index (χ0n) is 9.75. The third-order valence-electron chi connectivity index (χ3n) is 2.39. The van der Waals surface area contributed by atoms with Gasteiger partial charge in [-0.1, -0.05) is 0 Å². The fraction of sp³-hybridized carbons (Fsp3) is 1.00. The Morgan fingerprint density at radius 1 is 1.00 bits per heavy atom. The Hall–Kier alpha value is -0.160. The van der Waals surface area contributed by atoms with Gasteiger partial charge >= 0.3 is 5.91 Å². The van der Waals surface area contributed by atoms with E-state index >= 15 is 0 Å². The van der Waals surface area contributed by atoms with E-state index in [1.807, 2.05) is 28.1 Å². The molecule has 0 heterocycles. The molecule has 1 atom stereocenters. The van der Waals surface area contributed by atoms with Crippen molar-refractivity contribution in [3.63, 3.8) is 0 Å². The zero-order chi connectivity index (χ0) is 10.7. The Morgan fingerprint density at radius 2 is 1.38 bits per heavy atom. The van der Waals surface area contributed by atoms with Crippen LogP contribution >= 0.6 is 0 Å². The van der Waals surface area contributed by atoms with Crippen molar-refractivity contribution in [2.24, 2.45) is 0 Å². The molecule has 0 rings (SSSR count). The summed E-state index contributed by atoms with van der Waals surface area (Å²) in [6.07, 6.45) is -0.137. The Morgan fingerprint density at radius 3 is 1.46 bits per heavy atom. The first-order valence-corrected chi connectivity index (χ1v) is 4.30.